The zero-order valence-electron chi connectivity index (χ0n) is 11.4. The Kier molecular flexibility index (Phi) is 3.99. The minimum atomic E-state index is -0.345. The molecule has 19 heavy (non-hydrogen) atoms. The van der Waals surface area contributed by atoms with Gasteiger partial charge < -0.3 is 10.6 Å². The van der Waals surface area contributed by atoms with E-state index < -0.39 is 0 Å². The molecule has 1 fully saturated rings. The van der Waals surface area contributed by atoms with E-state index in [4.69, 9.17) is 5.73 Å². The number of hydrogen-bond donors (Lipinski definition) is 1. The van der Waals surface area contributed by atoms with Crippen LogP contribution in [0.25, 0.3) is 0 Å². The number of aryl methyl sites for hydroxylation is 1. The molecule has 2 rings (SSSR count). The highest BCUT2D eigenvalue weighted by Crippen LogP contribution is 2.32. The van der Waals surface area contributed by atoms with E-state index in [1.807, 2.05) is 11.9 Å². The van der Waals surface area contributed by atoms with Crippen LogP contribution in [-0.4, -0.2) is 29.0 Å². The first kappa shape index (κ1) is 13.7. The minimum absolute atomic E-state index is 0.111. The summed E-state index contributed by atoms with van der Waals surface area (Å²) in [5.74, 6) is 0.463. The summed E-state index contributed by atoms with van der Waals surface area (Å²) >= 11 is 0. The number of hydrogen-bond acceptors (Lipinski definition) is 5. The molecule has 2 N–H and O–H groups in total. The summed E-state index contributed by atoms with van der Waals surface area (Å²) in [6.07, 6.45) is 5.49. The van der Waals surface area contributed by atoms with Crippen LogP contribution < -0.4 is 10.6 Å². The fourth-order valence-electron chi connectivity index (χ4n) is 2.68. The number of rotatable bonds is 3. The lowest BCUT2D eigenvalue weighted by Gasteiger charge is -2.34. The van der Waals surface area contributed by atoms with Gasteiger partial charge in [0, 0.05) is 30.9 Å². The average Bonchev–Trinajstić information content (AvgIpc) is 2.38. The number of nitrogens with zero attached hydrogens (tertiary/aromatic N) is 3. The van der Waals surface area contributed by atoms with Crippen molar-refractivity contribution in [3.8, 4) is 0 Å². The van der Waals surface area contributed by atoms with Gasteiger partial charge in [0.25, 0.3) is 0 Å². The molecule has 1 aromatic heterocycles. The number of pyridine rings is 1. The van der Waals surface area contributed by atoms with Gasteiger partial charge in [0.15, 0.2) is 0 Å². The third kappa shape index (κ3) is 2.84. The molecular weight excluding hydrogens is 244 g/mol. The van der Waals surface area contributed by atoms with Crippen LogP contribution in [0.3, 0.4) is 0 Å². The average molecular weight is 264 g/mol. The van der Waals surface area contributed by atoms with Crippen LogP contribution in [0.1, 0.15) is 31.2 Å². The Morgan fingerprint density at radius 3 is 2.63 bits per heavy atom. The molecule has 0 saturated heterocycles. The second kappa shape index (κ2) is 5.52. The van der Waals surface area contributed by atoms with Crippen LogP contribution in [0.5, 0.6) is 0 Å². The van der Waals surface area contributed by atoms with Gasteiger partial charge in [-0.3, -0.25) is 10.1 Å². The number of aromatic nitrogens is 1. The molecule has 6 heteroatoms. The molecule has 0 radical (unpaired) electrons. The smallest absolute Gasteiger partial charge is 0.314 e. The fraction of sp³-hybridized carbons (Fsp3) is 0.615. The SMILES string of the molecule is Cc1ccnc(N(C)C2CCC(N)CC2)c1[N+](=O)[O-]. The van der Waals surface area contributed by atoms with Gasteiger partial charge >= 0.3 is 5.69 Å². The second-order valence-corrected chi connectivity index (χ2v) is 5.24. The molecule has 0 unspecified atom stereocenters. The Morgan fingerprint density at radius 2 is 2.05 bits per heavy atom. The molecule has 0 bridgehead atoms. The van der Waals surface area contributed by atoms with E-state index in [1.165, 1.54) is 0 Å². The lowest BCUT2D eigenvalue weighted by molar-refractivity contribution is -0.384. The molecule has 1 aromatic rings. The van der Waals surface area contributed by atoms with Gasteiger partial charge in [0.1, 0.15) is 0 Å². The molecule has 1 saturated carbocycles. The summed E-state index contributed by atoms with van der Waals surface area (Å²) in [5, 5.41) is 11.2. The van der Waals surface area contributed by atoms with Crippen molar-refractivity contribution in [1.29, 1.82) is 0 Å². The molecule has 1 aliphatic carbocycles. The molecule has 6 nitrogen and oxygen atoms in total. The van der Waals surface area contributed by atoms with Crippen LogP contribution in [0.2, 0.25) is 0 Å². The predicted octanol–water partition coefficient (Wildman–Crippen LogP) is 2.00. The van der Waals surface area contributed by atoms with Crippen LogP contribution >= 0.6 is 0 Å². The highest BCUT2D eigenvalue weighted by atomic mass is 16.6. The summed E-state index contributed by atoms with van der Waals surface area (Å²) in [5.41, 5.74) is 6.65. The van der Waals surface area contributed by atoms with Gasteiger partial charge in [-0.25, -0.2) is 4.98 Å². The number of anilines is 1. The van der Waals surface area contributed by atoms with Gasteiger partial charge in [-0.2, -0.15) is 0 Å². The van der Waals surface area contributed by atoms with Crippen LogP contribution in [0.15, 0.2) is 12.3 Å². The maximum absolute atomic E-state index is 11.2. The van der Waals surface area contributed by atoms with E-state index >= 15 is 0 Å². The molecule has 1 heterocycles. The number of nitrogens with two attached hydrogens (primary N) is 1. The van der Waals surface area contributed by atoms with E-state index in [2.05, 4.69) is 4.98 Å². The van der Waals surface area contributed by atoms with E-state index in [0.29, 0.717) is 11.4 Å². The van der Waals surface area contributed by atoms with Crippen molar-refractivity contribution in [3.63, 3.8) is 0 Å². The lowest BCUT2D eigenvalue weighted by Crippen LogP contribution is -2.39. The maximum atomic E-state index is 11.2. The Hall–Kier alpha value is -1.69. The topological polar surface area (TPSA) is 85.3 Å². The summed E-state index contributed by atoms with van der Waals surface area (Å²) in [6.45, 7) is 1.74. The van der Waals surface area contributed by atoms with Gasteiger partial charge in [0.2, 0.25) is 5.82 Å². The van der Waals surface area contributed by atoms with Gasteiger partial charge in [0.05, 0.1) is 4.92 Å². The lowest BCUT2D eigenvalue weighted by atomic mass is 9.91. The monoisotopic (exact) mass is 264 g/mol. The Labute approximate surface area is 112 Å². The van der Waals surface area contributed by atoms with Crippen molar-refractivity contribution < 1.29 is 4.92 Å². The minimum Gasteiger partial charge on any atom is -0.351 e. The van der Waals surface area contributed by atoms with E-state index in [-0.39, 0.29) is 22.7 Å². The fourth-order valence-corrected chi connectivity index (χ4v) is 2.68. The van der Waals surface area contributed by atoms with Gasteiger partial charge in [-0.15, -0.1) is 0 Å². The molecule has 0 aromatic carbocycles. The molecule has 1 aliphatic rings. The molecule has 0 aliphatic heterocycles. The van der Waals surface area contributed by atoms with Crippen molar-refractivity contribution in [2.45, 2.75) is 44.7 Å². The molecule has 0 spiro atoms. The van der Waals surface area contributed by atoms with E-state index in [1.54, 1.807) is 19.2 Å². The van der Waals surface area contributed by atoms with Crippen molar-refractivity contribution in [3.05, 3.63) is 27.9 Å². The standard InChI is InChI=1S/C13H20N4O2/c1-9-7-8-15-13(12(9)17(18)19)16(2)11-5-3-10(14)4-6-11/h7-8,10-11H,3-6,14H2,1-2H3. The summed E-state index contributed by atoms with van der Waals surface area (Å²) < 4.78 is 0. The first-order valence-electron chi connectivity index (χ1n) is 6.59. The predicted molar refractivity (Wildman–Crippen MR) is 74.3 cm³/mol. The highest BCUT2D eigenvalue weighted by Gasteiger charge is 2.28. The molecular formula is C13H20N4O2. The Morgan fingerprint density at radius 1 is 1.42 bits per heavy atom. The molecule has 0 atom stereocenters. The Bertz CT molecular complexity index is 470. The quantitative estimate of drug-likeness (QED) is 0.666. The summed E-state index contributed by atoms with van der Waals surface area (Å²) in [4.78, 5) is 17.0. The normalized spacial score (nSPS) is 23.1. The third-order valence-electron chi connectivity index (χ3n) is 3.91. The largest absolute Gasteiger partial charge is 0.351 e. The zero-order valence-corrected chi connectivity index (χ0v) is 11.4. The van der Waals surface area contributed by atoms with Crippen LogP contribution in [0, 0.1) is 17.0 Å². The van der Waals surface area contributed by atoms with Crippen LogP contribution in [0.4, 0.5) is 11.5 Å². The van der Waals surface area contributed by atoms with Crippen molar-refractivity contribution in [1.82, 2.24) is 4.98 Å². The van der Waals surface area contributed by atoms with Crippen molar-refractivity contribution >= 4 is 11.5 Å². The third-order valence-corrected chi connectivity index (χ3v) is 3.91. The second-order valence-electron chi connectivity index (χ2n) is 5.24. The van der Waals surface area contributed by atoms with E-state index in [9.17, 15) is 10.1 Å². The molecule has 0 amide bonds. The van der Waals surface area contributed by atoms with E-state index in [0.717, 1.165) is 25.7 Å². The summed E-state index contributed by atoms with van der Waals surface area (Å²) in [7, 11) is 1.89. The maximum Gasteiger partial charge on any atom is 0.314 e. The first-order valence-corrected chi connectivity index (χ1v) is 6.59. The van der Waals surface area contributed by atoms with Gasteiger partial charge in [-0.1, -0.05) is 0 Å². The summed E-state index contributed by atoms with van der Waals surface area (Å²) in [6, 6.07) is 2.23. The van der Waals surface area contributed by atoms with Crippen LogP contribution in [-0.2, 0) is 0 Å². The van der Waals surface area contributed by atoms with Gasteiger partial charge in [-0.05, 0) is 38.7 Å². The number of nitro groups is 1. The molecule has 104 valence electrons. The van der Waals surface area contributed by atoms with Crippen molar-refractivity contribution in [2.24, 2.45) is 5.73 Å². The first-order chi connectivity index (χ1) is 9.00. The highest BCUT2D eigenvalue weighted by molar-refractivity contribution is 5.61. The zero-order chi connectivity index (χ0) is 14.0. The Balaban J connectivity index is 2.26. The van der Waals surface area contributed by atoms with Crippen molar-refractivity contribution in [2.75, 3.05) is 11.9 Å².